The summed E-state index contributed by atoms with van der Waals surface area (Å²) in [6, 6.07) is 47.6. The lowest BCUT2D eigenvalue weighted by atomic mass is 9.93. The van der Waals surface area contributed by atoms with Gasteiger partial charge >= 0.3 is 0 Å². The molecule has 3 heteroatoms. The molecular formula is C38H22N2S. The van der Waals surface area contributed by atoms with E-state index in [2.05, 4.69) is 103 Å². The smallest absolute Gasteiger partial charge is 0.0973 e. The zero-order valence-electron chi connectivity index (χ0n) is 22.0. The van der Waals surface area contributed by atoms with Gasteiger partial charge in [0.1, 0.15) is 0 Å². The van der Waals surface area contributed by atoms with Gasteiger partial charge in [-0.1, -0.05) is 109 Å². The average molecular weight is 539 g/mol. The summed E-state index contributed by atoms with van der Waals surface area (Å²) in [5.41, 5.74) is 5.75. The van der Waals surface area contributed by atoms with Gasteiger partial charge in [0.25, 0.3) is 0 Å². The number of aromatic nitrogens is 2. The van der Waals surface area contributed by atoms with Gasteiger partial charge in [-0.3, -0.25) is 0 Å². The lowest BCUT2D eigenvalue weighted by Gasteiger charge is -2.13. The second-order valence-electron chi connectivity index (χ2n) is 10.6. The average Bonchev–Trinajstić information content (AvgIpc) is 3.43. The Morgan fingerprint density at radius 3 is 1.88 bits per heavy atom. The maximum absolute atomic E-state index is 5.13. The van der Waals surface area contributed by atoms with Gasteiger partial charge in [-0.25, -0.2) is 9.97 Å². The first-order valence-corrected chi connectivity index (χ1v) is 14.7. The van der Waals surface area contributed by atoms with Crippen LogP contribution in [0.2, 0.25) is 0 Å². The van der Waals surface area contributed by atoms with Crippen molar-refractivity contribution in [2.24, 2.45) is 0 Å². The summed E-state index contributed by atoms with van der Waals surface area (Å²) >= 11 is 1.89. The fraction of sp³-hybridized carbons (Fsp3) is 0. The van der Waals surface area contributed by atoms with Gasteiger partial charge in [0.15, 0.2) is 0 Å². The molecule has 190 valence electrons. The Morgan fingerprint density at radius 2 is 1.02 bits per heavy atom. The molecule has 41 heavy (non-hydrogen) atoms. The number of nitrogens with zero attached hydrogens (tertiary/aromatic N) is 2. The minimum absolute atomic E-state index is 0.902. The number of thiophene rings is 1. The molecule has 0 fully saturated rings. The third kappa shape index (κ3) is 3.43. The van der Waals surface area contributed by atoms with Crippen LogP contribution in [0.3, 0.4) is 0 Å². The Balaban J connectivity index is 1.31. The summed E-state index contributed by atoms with van der Waals surface area (Å²) in [6.45, 7) is 0. The molecular weight excluding hydrogens is 516 g/mol. The van der Waals surface area contributed by atoms with E-state index in [1.807, 2.05) is 41.7 Å². The third-order valence-electron chi connectivity index (χ3n) is 8.23. The minimum Gasteiger partial charge on any atom is -0.244 e. The van der Waals surface area contributed by atoms with E-state index in [0.29, 0.717) is 0 Å². The van der Waals surface area contributed by atoms with Crippen molar-refractivity contribution in [3.63, 3.8) is 0 Å². The SMILES string of the molecule is c1ccc(-c2nc3ccccc3nc2-c2ccc3c(ccc4ccc5c(ccc6c7ccccc7sc65)c43)c2)cc1. The topological polar surface area (TPSA) is 25.8 Å². The summed E-state index contributed by atoms with van der Waals surface area (Å²) in [5, 5.41) is 10.3. The molecule has 0 amide bonds. The van der Waals surface area contributed by atoms with Crippen LogP contribution < -0.4 is 0 Å². The van der Waals surface area contributed by atoms with E-state index in [4.69, 9.17) is 9.97 Å². The van der Waals surface area contributed by atoms with Crippen LogP contribution in [0.15, 0.2) is 133 Å². The van der Waals surface area contributed by atoms with E-state index >= 15 is 0 Å². The van der Waals surface area contributed by atoms with Gasteiger partial charge in [-0.05, 0) is 51.2 Å². The van der Waals surface area contributed by atoms with E-state index in [1.165, 1.54) is 52.5 Å². The summed E-state index contributed by atoms with van der Waals surface area (Å²) in [5.74, 6) is 0. The second-order valence-corrected chi connectivity index (χ2v) is 11.6. The fourth-order valence-electron chi connectivity index (χ4n) is 6.30. The molecule has 0 saturated heterocycles. The highest BCUT2D eigenvalue weighted by Crippen LogP contribution is 2.42. The van der Waals surface area contributed by atoms with E-state index in [0.717, 1.165) is 33.5 Å². The molecule has 0 spiro atoms. The molecule has 0 atom stereocenters. The van der Waals surface area contributed by atoms with Crippen molar-refractivity contribution in [1.29, 1.82) is 0 Å². The van der Waals surface area contributed by atoms with Crippen molar-refractivity contribution in [3.05, 3.63) is 133 Å². The number of hydrogen-bond donors (Lipinski definition) is 0. The molecule has 0 bridgehead atoms. The first kappa shape index (κ1) is 22.7. The van der Waals surface area contributed by atoms with Crippen molar-refractivity contribution in [2.45, 2.75) is 0 Å². The van der Waals surface area contributed by atoms with E-state index < -0.39 is 0 Å². The molecule has 0 aliphatic rings. The predicted molar refractivity (Wildman–Crippen MR) is 176 cm³/mol. The summed E-state index contributed by atoms with van der Waals surface area (Å²) in [4.78, 5) is 10.2. The Labute approximate surface area is 240 Å². The van der Waals surface area contributed by atoms with Crippen molar-refractivity contribution in [2.75, 3.05) is 0 Å². The number of fused-ring (bicyclic) bond motifs is 10. The normalized spacial score (nSPS) is 11.9. The Morgan fingerprint density at radius 1 is 0.415 bits per heavy atom. The predicted octanol–water partition coefficient (Wildman–Crippen LogP) is 10.8. The molecule has 2 aromatic heterocycles. The van der Waals surface area contributed by atoms with Crippen molar-refractivity contribution >= 4 is 74.9 Å². The number of para-hydroxylation sites is 2. The number of hydrogen-bond acceptors (Lipinski definition) is 3. The molecule has 2 nitrogen and oxygen atoms in total. The molecule has 0 unspecified atom stereocenters. The minimum atomic E-state index is 0.902. The summed E-state index contributed by atoms with van der Waals surface area (Å²) < 4.78 is 2.70. The highest BCUT2D eigenvalue weighted by atomic mass is 32.1. The van der Waals surface area contributed by atoms with E-state index in [1.54, 1.807) is 0 Å². The molecule has 0 radical (unpaired) electrons. The standard InChI is InChI=1S/C38H22N2S/c1-2-8-24(9-3-1)36-37(40-33-12-6-5-11-32(33)39-36)26-17-18-27-25(22-26)15-14-23-16-19-31-29(35(23)27)20-21-30-28-10-4-7-13-34(28)41-38(30)31/h1-22H. The van der Waals surface area contributed by atoms with E-state index in [9.17, 15) is 0 Å². The van der Waals surface area contributed by atoms with Gasteiger partial charge in [0.2, 0.25) is 0 Å². The maximum Gasteiger partial charge on any atom is 0.0973 e. The van der Waals surface area contributed by atoms with Crippen LogP contribution in [-0.2, 0) is 0 Å². The van der Waals surface area contributed by atoms with Gasteiger partial charge in [0.05, 0.1) is 22.4 Å². The maximum atomic E-state index is 5.13. The second kappa shape index (κ2) is 8.69. The summed E-state index contributed by atoms with van der Waals surface area (Å²) in [7, 11) is 0. The first-order valence-electron chi connectivity index (χ1n) is 13.8. The third-order valence-corrected chi connectivity index (χ3v) is 9.45. The van der Waals surface area contributed by atoms with Crippen molar-refractivity contribution in [3.8, 4) is 22.5 Å². The van der Waals surface area contributed by atoms with Gasteiger partial charge in [-0.2, -0.15) is 0 Å². The van der Waals surface area contributed by atoms with Crippen LogP contribution in [0.1, 0.15) is 0 Å². The highest BCUT2D eigenvalue weighted by molar-refractivity contribution is 7.26. The van der Waals surface area contributed by atoms with Gasteiger partial charge in [-0.15, -0.1) is 11.3 Å². The van der Waals surface area contributed by atoms with Crippen LogP contribution in [0.4, 0.5) is 0 Å². The quantitative estimate of drug-likeness (QED) is 0.205. The lowest BCUT2D eigenvalue weighted by Crippen LogP contribution is -1.95. The molecule has 9 rings (SSSR count). The fourth-order valence-corrected chi connectivity index (χ4v) is 7.53. The largest absolute Gasteiger partial charge is 0.244 e. The highest BCUT2D eigenvalue weighted by Gasteiger charge is 2.16. The molecule has 0 aliphatic carbocycles. The Kier molecular flexibility index (Phi) is 4.80. The van der Waals surface area contributed by atoms with Gasteiger partial charge in [0, 0.05) is 36.7 Å². The Bertz CT molecular complexity index is 2470. The lowest BCUT2D eigenvalue weighted by molar-refractivity contribution is 1.29. The van der Waals surface area contributed by atoms with Crippen LogP contribution >= 0.6 is 11.3 Å². The molecule has 2 heterocycles. The van der Waals surface area contributed by atoms with E-state index in [-0.39, 0.29) is 0 Å². The monoisotopic (exact) mass is 538 g/mol. The summed E-state index contributed by atoms with van der Waals surface area (Å²) in [6.07, 6.45) is 0. The molecule has 0 saturated carbocycles. The van der Waals surface area contributed by atoms with Crippen LogP contribution in [0, 0.1) is 0 Å². The zero-order chi connectivity index (χ0) is 26.9. The molecule has 0 aliphatic heterocycles. The number of rotatable bonds is 2. The van der Waals surface area contributed by atoms with Gasteiger partial charge < -0.3 is 0 Å². The first-order chi connectivity index (χ1) is 20.3. The van der Waals surface area contributed by atoms with Crippen LogP contribution in [-0.4, -0.2) is 9.97 Å². The van der Waals surface area contributed by atoms with Crippen molar-refractivity contribution < 1.29 is 0 Å². The molecule has 7 aromatic carbocycles. The van der Waals surface area contributed by atoms with Crippen LogP contribution in [0.5, 0.6) is 0 Å². The molecule has 0 N–H and O–H groups in total. The van der Waals surface area contributed by atoms with Crippen molar-refractivity contribution in [1.82, 2.24) is 9.97 Å². The Hall–Kier alpha value is -5.12. The molecule has 9 aromatic rings. The van der Waals surface area contributed by atoms with Crippen LogP contribution in [0.25, 0.3) is 86.0 Å². The number of benzene rings is 7. The zero-order valence-corrected chi connectivity index (χ0v) is 22.8.